The van der Waals surface area contributed by atoms with E-state index in [4.69, 9.17) is 11.1 Å². The molecule has 2 fully saturated rings. The molecule has 17 nitrogen and oxygen atoms in total. The number of nitrogens with one attached hydrogen (secondary N) is 9. The van der Waals surface area contributed by atoms with Crippen molar-refractivity contribution in [3.63, 3.8) is 0 Å². The SMILES string of the molecule is N=C(N)NCCC[C@@H]1NC(=O)[C@@H](Cc2ccccc2)NC(=O)[C@H](Cc2c[nH]cn2)NC(=O)[C@@H](NC(=O)CC2CCCC2)CCC(=O)NCCCCNC1=O. The van der Waals surface area contributed by atoms with Crippen LogP contribution in [0.5, 0.6) is 0 Å². The van der Waals surface area contributed by atoms with Gasteiger partial charge in [-0.3, -0.25) is 34.2 Å². The molecule has 1 aliphatic heterocycles. The van der Waals surface area contributed by atoms with Gasteiger partial charge in [-0.05, 0) is 56.4 Å². The minimum absolute atomic E-state index is 0.00321. The second kappa shape index (κ2) is 21.9. The highest BCUT2D eigenvalue weighted by Gasteiger charge is 2.33. The lowest BCUT2D eigenvalue weighted by molar-refractivity contribution is -0.135. The van der Waals surface area contributed by atoms with Gasteiger partial charge in [0, 0.05) is 51.5 Å². The number of rotatable bonds is 11. The Hall–Kier alpha value is -5.48. The molecule has 1 saturated carbocycles. The smallest absolute Gasteiger partial charge is 0.243 e. The summed E-state index contributed by atoms with van der Waals surface area (Å²) >= 11 is 0. The first-order valence-electron chi connectivity index (χ1n) is 18.9. The van der Waals surface area contributed by atoms with Gasteiger partial charge in [-0.25, -0.2) is 4.98 Å². The lowest BCUT2D eigenvalue weighted by Gasteiger charge is -2.27. The summed E-state index contributed by atoms with van der Waals surface area (Å²) < 4.78 is 0. The normalized spacial score (nSPS) is 22.9. The topological polar surface area (TPSA) is 265 Å². The average Bonchev–Trinajstić information content (AvgIpc) is 3.86. The van der Waals surface area contributed by atoms with E-state index in [0.717, 1.165) is 31.2 Å². The molecule has 0 unspecified atom stereocenters. The van der Waals surface area contributed by atoms with Crippen molar-refractivity contribution >= 4 is 41.4 Å². The Kier molecular flexibility index (Phi) is 16.7. The van der Waals surface area contributed by atoms with Crippen molar-refractivity contribution in [1.29, 1.82) is 5.41 Å². The quantitative estimate of drug-likeness (QED) is 0.0826. The van der Waals surface area contributed by atoms with Gasteiger partial charge in [-0.2, -0.15) is 0 Å². The Bertz CT molecular complexity index is 1550. The number of H-pyrrole nitrogens is 1. The highest BCUT2D eigenvalue weighted by Crippen LogP contribution is 2.27. The fraction of sp³-hybridized carbons (Fsp3) is 0.568. The van der Waals surface area contributed by atoms with Crippen molar-refractivity contribution in [2.45, 2.75) is 108 Å². The first-order valence-corrected chi connectivity index (χ1v) is 18.9. The Morgan fingerprint density at radius 3 is 2.17 bits per heavy atom. The zero-order chi connectivity index (χ0) is 38.7. The number of carbonyl (C=O) groups is 6. The molecule has 1 aromatic heterocycles. The molecule has 294 valence electrons. The minimum atomic E-state index is -1.22. The molecule has 0 radical (unpaired) electrons. The highest BCUT2D eigenvalue weighted by molar-refractivity contribution is 5.96. The van der Waals surface area contributed by atoms with E-state index in [0.29, 0.717) is 44.6 Å². The van der Waals surface area contributed by atoms with E-state index in [9.17, 15) is 28.8 Å². The zero-order valence-electron chi connectivity index (χ0n) is 30.7. The number of carbonyl (C=O) groups excluding carboxylic acids is 6. The summed E-state index contributed by atoms with van der Waals surface area (Å²) in [6, 6.07) is 4.62. The third-order valence-electron chi connectivity index (χ3n) is 9.62. The predicted molar refractivity (Wildman–Crippen MR) is 200 cm³/mol. The largest absolute Gasteiger partial charge is 0.370 e. The van der Waals surface area contributed by atoms with Gasteiger partial charge in [-0.1, -0.05) is 43.2 Å². The molecule has 4 atom stereocenters. The maximum Gasteiger partial charge on any atom is 0.243 e. The number of guanidine groups is 1. The molecule has 54 heavy (non-hydrogen) atoms. The van der Waals surface area contributed by atoms with E-state index in [-0.39, 0.29) is 62.2 Å². The molecule has 17 heteroatoms. The third-order valence-corrected chi connectivity index (χ3v) is 9.62. The van der Waals surface area contributed by atoms with Crippen LogP contribution in [0.25, 0.3) is 0 Å². The monoisotopic (exact) mass is 749 g/mol. The number of aromatic amines is 1. The molecular weight excluding hydrogens is 694 g/mol. The van der Waals surface area contributed by atoms with Gasteiger partial charge in [0.1, 0.15) is 24.2 Å². The molecule has 4 rings (SSSR count). The maximum atomic E-state index is 14.1. The highest BCUT2D eigenvalue weighted by atomic mass is 16.2. The minimum Gasteiger partial charge on any atom is -0.370 e. The van der Waals surface area contributed by atoms with Crippen LogP contribution < -0.4 is 43.0 Å². The Balaban J connectivity index is 1.61. The fourth-order valence-corrected chi connectivity index (χ4v) is 6.67. The van der Waals surface area contributed by atoms with Gasteiger partial charge in [0.05, 0.1) is 12.0 Å². The van der Waals surface area contributed by atoms with Crippen LogP contribution in [-0.4, -0.2) is 95.2 Å². The second-order valence-electron chi connectivity index (χ2n) is 14.0. The third kappa shape index (κ3) is 14.5. The van der Waals surface area contributed by atoms with E-state index in [2.05, 4.69) is 47.2 Å². The summed E-state index contributed by atoms with van der Waals surface area (Å²) in [6.45, 7) is 0.931. The molecule has 1 saturated heterocycles. The number of amides is 6. The molecule has 1 aromatic carbocycles. The van der Waals surface area contributed by atoms with Gasteiger partial charge < -0.3 is 47.9 Å². The summed E-state index contributed by atoms with van der Waals surface area (Å²) in [6.07, 6.45) is 9.01. The van der Waals surface area contributed by atoms with Crippen LogP contribution >= 0.6 is 0 Å². The van der Waals surface area contributed by atoms with Crippen molar-refractivity contribution in [1.82, 2.24) is 47.2 Å². The van der Waals surface area contributed by atoms with Gasteiger partial charge >= 0.3 is 0 Å². The average molecular weight is 750 g/mol. The van der Waals surface area contributed by atoms with Crippen LogP contribution in [0.2, 0.25) is 0 Å². The molecule has 2 heterocycles. The molecular formula is C37H55N11O6. The lowest BCUT2D eigenvalue weighted by Crippen LogP contribution is -2.59. The number of hydrogen-bond donors (Lipinski definition) is 10. The number of imidazole rings is 1. The summed E-state index contributed by atoms with van der Waals surface area (Å²) in [5.74, 6) is -2.93. The van der Waals surface area contributed by atoms with E-state index >= 15 is 0 Å². The molecule has 6 amide bonds. The van der Waals surface area contributed by atoms with Crippen molar-refractivity contribution in [3.05, 3.63) is 54.1 Å². The Labute approximate surface area is 315 Å². The van der Waals surface area contributed by atoms with E-state index < -0.39 is 47.8 Å². The van der Waals surface area contributed by atoms with Crippen molar-refractivity contribution in [2.24, 2.45) is 11.7 Å². The van der Waals surface area contributed by atoms with Crippen LogP contribution in [0.1, 0.15) is 81.9 Å². The van der Waals surface area contributed by atoms with Crippen molar-refractivity contribution in [3.8, 4) is 0 Å². The lowest BCUT2D eigenvalue weighted by atomic mass is 10.0. The zero-order valence-corrected chi connectivity index (χ0v) is 30.7. The summed E-state index contributed by atoms with van der Waals surface area (Å²) in [4.78, 5) is 88.4. The second-order valence-corrected chi connectivity index (χ2v) is 14.0. The summed E-state index contributed by atoms with van der Waals surface area (Å²) in [5, 5.41) is 27.0. The van der Waals surface area contributed by atoms with Crippen molar-refractivity contribution in [2.75, 3.05) is 19.6 Å². The molecule has 0 spiro atoms. The van der Waals surface area contributed by atoms with E-state index in [1.165, 1.54) is 6.33 Å². The molecule has 11 N–H and O–H groups in total. The Morgan fingerprint density at radius 2 is 1.48 bits per heavy atom. The van der Waals surface area contributed by atoms with Crippen LogP contribution in [0.4, 0.5) is 0 Å². The fourth-order valence-electron chi connectivity index (χ4n) is 6.67. The molecule has 0 bridgehead atoms. The summed E-state index contributed by atoms with van der Waals surface area (Å²) in [7, 11) is 0. The van der Waals surface area contributed by atoms with Crippen LogP contribution in [0.3, 0.4) is 0 Å². The van der Waals surface area contributed by atoms with Gasteiger partial charge in [0.2, 0.25) is 35.4 Å². The van der Waals surface area contributed by atoms with Gasteiger partial charge in [0.25, 0.3) is 0 Å². The summed E-state index contributed by atoms with van der Waals surface area (Å²) in [5.41, 5.74) is 6.62. The first kappa shape index (κ1) is 41.3. The number of aromatic nitrogens is 2. The number of benzene rings is 1. The van der Waals surface area contributed by atoms with E-state index in [1.54, 1.807) is 18.3 Å². The number of nitrogens with two attached hydrogens (primary N) is 1. The van der Waals surface area contributed by atoms with Crippen LogP contribution in [0.15, 0.2) is 42.9 Å². The number of nitrogens with zero attached hydrogens (tertiary/aromatic N) is 1. The molecule has 2 aliphatic rings. The Morgan fingerprint density at radius 1 is 0.815 bits per heavy atom. The number of hydrogen-bond acceptors (Lipinski definition) is 8. The van der Waals surface area contributed by atoms with E-state index in [1.807, 2.05) is 18.2 Å². The molecule has 1 aliphatic carbocycles. The first-order chi connectivity index (χ1) is 26.1. The predicted octanol–water partition coefficient (Wildman–Crippen LogP) is -0.216. The van der Waals surface area contributed by atoms with Crippen molar-refractivity contribution < 1.29 is 28.8 Å². The van der Waals surface area contributed by atoms with Crippen LogP contribution in [0, 0.1) is 11.3 Å². The molecule has 2 aromatic rings. The van der Waals surface area contributed by atoms with Gasteiger partial charge in [0.15, 0.2) is 5.96 Å². The standard InChI is InChI=1S/C37H55N11O6/c38-37(39)43-18-8-13-27-33(51)42-17-7-6-16-41-31(49)15-14-28(45-32(50)20-25-11-4-5-12-25)34(52)48-30(21-26-22-40-23-44-26)36(54)47-29(35(53)46-27)19-24-9-2-1-3-10-24/h1-3,9-10,22-23,25,27-30H,4-8,11-21H2,(H,40,44)(H,41,49)(H,42,51)(H,45,50)(H,46,53)(H,47,54)(H,48,52)(H4,38,39,43)/t27-,28-,29+,30-/m0/s1. The maximum absolute atomic E-state index is 14.1. The van der Waals surface area contributed by atoms with Gasteiger partial charge in [-0.15, -0.1) is 0 Å². The van der Waals surface area contributed by atoms with Crippen LogP contribution in [-0.2, 0) is 41.6 Å².